The van der Waals surface area contributed by atoms with Crippen LogP contribution in [0.2, 0.25) is 0 Å². The van der Waals surface area contributed by atoms with Crippen molar-refractivity contribution in [3.05, 3.63) is 41.4 Å². The number of carbonyl (C=O) groups excluding carboxylic acids is 2. The maximum absolute atomic E-state index is 12.5. The number of hydrogen-bond acceptors (Lipinski definition) is 4. The largest absolute Gasteiger partial charge is 0.339 e. The van der Waals surface area contributed by atoms with Gasteiger partial charge in [-0.25, -0.2) is 9.78 Å². The van der Waals surface area contributed by atoms with E-state index >= 15 is 0 Å². The molecule has 0 radical (unpaired) electrons. The van der Waals surface area contributed by atoms with Gasteiger partial charge in [-0.3, -0.25) is 4.79 Å². The molecule has 0 bridgehead atoms. The van der Waals surface area contributed by atoms with E-state index in [0.717, 1.165) is 16.3 Å². The fraction of sp³-hybridized carbons (Fsp3) is 0.389. The summed E-state index contributed by atoms with van der Waals surface area (Å²) in [6.07, 6.45) is 0.310. The van der Waals surface area contributed by atoms with Crippen LogP contribution in [0.25, 0.3) is 10.6 Å². The Bertz CT molecular complexity index is 724. The van der Waals surface area contributed by atoms with Crippen LogP contribution in [0.15, 0.2) is 35.7 Å². The van der Waals surface area contributed by atoms with Crippen LogP contribution >= 0.6 is 11.3 Å². The number of amides is 3. The van der Waals surface area contributed by atoms with Crippen molar-refractivity contribution in [2.75, 3.05) is 32.7 Å². The molecule has 0 spiro atoms. The highest BCUT2D eigenvalue weighted by Crippen LogP contribution is 2.23. The first-order valence-electron chi connectivity index (χ1n) is 8.47. The van der Waals surface area contributed by atoms with E-state index in [4.69, 9.17) is 0 Å². The highest BCUT2D eigenvalue weighted by molar-refractivity contribution is 7.13. The number of nitrogens with one attached hydrogen (secondary N) is 1. The van der Waals surface area contributed by atoms with Gasteiger partial charge in [-0.1, -0.05) is 30.3 Å². The van der Waals surface area contributed by atoms with Crippen molar-refractivity contribution in [3.63, 3.8) is 0 Å². The summed E-state index contributed by atoms with van der Waals surface area (Å²) in [5, 5.41) is 5.68. The van der Waals surface area contributed by atoms with Crippen molar-refractivity contribution < 1.29 is 9.59 Å². The van der Waals surface area contributed by atoms with Gasteiger partial charge in [0.15, 0.2) is 0 Å². The van der Waals surface area contributed by atoms with Gasteiger partial charge in [0.25, 0.3) is 0 Å². The van der Waals surface area contributed by atoms with Crippen molar-refractivity contribution in [1.82, 2.24) is 20.1 Å². The molecule has 25 heavy (non-hydrogen) atoms. The summed E-state index contributed by atoms with van der Waals surface area (Å²) in [5.74, 6) is 0.0699. The van der Waals surface area contributed by atoms with E-state index in [1.165, 1.54) is 0 Å². The lowest BCUT2D eigenvalue weighted by Gasteiger charge is -2.34. The number of aromatic nitrogens is 1. The summed E-state index contributed by atoms with van der Waals surface area (Å²) in [6, 6.07) is 9.92. The normalized spacial score (nSPS) is 14.4. The lowest BCUT2D eigenvalue weighted by molar-refractivity contribution is -0.131. The Kier molecular flexibility index (Phi) is 5.65. The average Bonchev–Trinajstić information content (AvgIpc) is 3.11. The second kappa shape index (κ2) is 8.11. The van der Waals surface area contributed by atoms with Gasteiger partial charge in [0.05, 0.1) is 12.1 Å². The van der Waals surface area contributed by atoms with Crippen LogP contribution in [0.3, 0.4) is 0 Å². The smallest absolute Gasteiger partial charge is 0.317 e. The van der Waals surface area contributed by atoms with Gasteiger partial charge in [0.1, 0.15) is 5.01 Å². The van der Waals surface area contributed by atoms with Gasteiger partial charge in [-0.15, -0.1) is 11.3 Å². The summed E-state index contributed by atoms with van der Waals surface area (Å²) < 4.78 is 0. The van der Waals surface area contributed by atoms with Crippen LogP contribution < -0.4 is 5.32 Å². The zero-order valence-electron chi connectivity index (χ0n) is 14.3. The summed E-state index contributed by atoms with van der Waals surface area (Å²) >= 11 is 1.56. The van der Waals surface area contributed by atoms with Crippen molar-refractivity contribution in [1.29, 1.82) is 0 Å². The van der Waals surface area contributed by atoms with Crippen molar-refractivity contribution in [2.45, 2.75) is 13.3 Å². The van der Waals surface area contributed by atoms with Crippen molar-refractivity contribution >= 4 is 23.3 Å². The zero-order valence-corrected chi connectivity index (χ0v) is 15.1. The first-order chi connectivity index (χ1) is 12.2. The number of urea groups is 1. The van der Waals surface area contributed by atoms with Crippen LogP contribution in [0.4, 0.5) is 4.79 Å². The third kappa shape index (κ3) is 4.36. The number of rotatable bonds is 4. The van der Waals surface area contributed by atoms with E-state index in [-0.39, 0.29) is 11.9 Å². The minimum atomic E-state index is -0.0541. The van der Waals surface area contributed by atoms with Gasteiger partial charge >= 0.3 is 6.03 Å². The van der Waals surface area contributed by atoms with E-state index in [1.54, 1.807) is 16.2 Å². The zero-order chi connectivity index (χ0) is 17.6. The van der Waals surface area contributed by atoms with E-state index in [9.17, 15) is 9.59 Å². The monoisotopic (exact) mass is 358 g/mol. The molecule has 132 valence electrons. The maximum atomic E-state index is 12.5. The summed E-state index contributed by atoms with van der Waals surface area (Å²) in [6.45, 7) is 4.81. The number of hydrogen-bond donors (Lipinski definition) is 1. The third-order valence-corrected chi connectivity index (χ3v) is 5.09. The Labute approximate surface area is 151 Å². The molecule has 0 unspecified atom stereocenters. The fourth-order valence-corrected chi connectivity index (χ4v) is 3.62. The summed E-state index contributed by atoms with van der Waals surface area (Å²) in [4.78, 5) is 32.4. The first-order valence-corrected chi connectivity index (χ1v) is 9.35. The lowest BCUT2D eigenvalue weighted by Crippen LogP contribution is -2.53. The third-order valence-electron chi connectivity index (χ3n) is 4.15. The van der Waals surface area contributed by atoms with Crippen molar-refractivity contribution in [3.8, 4) is 10.6 Å². The Morgan fingerprint density at radius 1 is 1.12 bits per heavy atom. The SMILES string of the molecule is CCNC(=O)N1CCN(C(=O)Cc2csc(-c3ccccc3)n2)CC1. The minimum absolute atomic E-state index is 0.0541. The molecular formula is C18H22N4O2S. The topological polar surface area (TPSA) is 65.5 Å². The molecule has 1 N–H and O–H groups in total. The molecule has 1 saturated heterocycles. The van der Waals surface area contributed by atoms with Crippen LogP contribution in [0.1, 0.15) is 12.6 Å². The highest BCUT2D eigenvalue weighted by atomic mass is 32.1. The quantitative estimate of drug-likeness (QED) is 0.911. The minimum Gasteiger partial charge on any atom is -0.339 e. The van der Waals surface area contributed by atoms with Crippen LogP contribution in [-0.2, 0) is 11.2 Å². The average molecular weight is 358 g/mol. The molecule has 3 rings (SSSR count). The second-order valence-electron chi connectivity index (χ2n) is 5.89. The molecule has 6 nitrogen and oxygen atoms in total. The second-order valence-corrected chi connectivity index (χ2v) is 6.75. The molecule has 0 aliphatic carbocycles. The fourth-order valence-electron chi connectivity index (χ4n) is 2.79. The van der Waals surface area contributed by atoms with Gasteiger partial charge < -0.3 is 15.1 Å². The van der Waals surface area contributed by atoms with Gasteiger partial charge in [0, 0.05) is 43.7 Å². The van der Waals surface area contributed by atoms with E-state index in [0.29, 0.717) is 39.1 Å². The summed E-state index contributed by atoms with van der Waals surface area (Å²) in [7, 11) is 0. The van der Waals surface area contributed by atoms with E-state index in [2.05, 4.69) is 10.3 Å². The predicted molar refractivity (Wildman–Crippen MR) is 98.5 cm³/mol. The predicted octanol–water partition coefficient (Wildman–Crippen LogP) is 2.23. The Morgan fingerprint density at radius 3 is 2.48 bits per heavy atom. The lowest BCUT2D eigenvalue weighted by atomic mass is 10.2. The molecule has 1 aliphatic rings. The number of piperazine rings is 1. The van der Waals surface area contributed by atoms with E-state index < -0.39 is 0 Å². The number of benzene rings is 1. The number of thiazole rings is 1. The standard InChI is InChI=1S/C18H22N4O2S/c1-2-19-18(24)22-10-8-21(9-11-22)16(23)12-15-13-25-17(20-15)14-6-4-3-5-7-14/h3-7,13H,2,8-12H2,1H3,(H,19,24). The molecule has 2 aromatic rings. The molecule has 3 amide bonds. The molecule has 2 heterocycles. The van der Waals surface area contributed by atoms with Crippen LogP contribution in [-0.4, -0.2) is 59.4 Å². The molecule has 1 aromatic carbocycles. The molecule has 1 aromatic heterocycles. The molecular weight excluding hydrogens is 336 g/mol. The van der Waals surface area contributed by atoms with Crippen LogP contribution in [0.5, 0.6) is 0 Å². The van der Waals surface area contributed by atoms with Gasteiger partial charge in [-0.2, -0.15) is 0 Å². The number of carbonyl (C=O) groups is 2. The van der Waals surface area contributed by atoms with Gasteiger partial charge in [0.2, 0.25) is 5.91 Å². The van der Waals surface area contributed by atoms with Crippen LogP contribution in [0, 0.1) is 0 Å². The number of nitrogens with zero attached hydrogens (tertiary/aromatic N) is 3. The molecule has 0 saturated carbocycles. The van der Waals surface area contributed by atoms with Gasteiger partial charge in [-0.05, 0) is 6.92 Å². The van der Waals surface area contributed by atoms with E-state index in [1.807, 2.05) is 47.5 Å². The Balaban J connectivity index is 1.54. The molecule has 7 heteroatoms. The first kappa shape index (κ1) is 17.4. The molecule has 0 atom stereocenters. The maximum Gasteiger partial charge on any atom is 0.317 e. The van der Waals surface area contributed by atoms with Crippen molar-refractivity contribution in [2.24, 2.45) is 0 Å². The molecule has 1 fully saturated rings. The molecule has 1 aliphatic heterocycles. The summed E-state index contributed by atoms with van der Waals surface area (Å²) in [5.41, 5.74) is 1.88. The highest BCUT2D eigenvalue weighted by Gasteiger charge is 2.24. The Morgan fingerprint density at radius 2 is 1.80 bits per heavy atom. The Hall–Kier alpha value is -2.41.